The molecule has 2 fully saturated rings. The van der Waals surface area contributed by atoms with Gasteiger partial charge in [0, 0.05) is 13.1 Å². The zero-order valence-electron chi connectivity index (χ0n) is 14.8. The van der Waals surface area contributed by atoms with Gasteiger partial charge in [-0.2, -0.15) is 5.10 Å². The van der Waals surface area contributed by atoms with Crippen LogP contribution in [0.2, 0.25) is 0 Å². The third-order valence-electron chi connectivity index (χ3n) is 5.74. The van der Waals surface area contributed by atoms with Gasteiger partial charge in [0.05, 0.1) is 23.1 Å². The molecule has 0 aliphatic carbocycles. The van der Waals surface area contributed by atoms with Crippen LogP contribution in [0.1, 0.15) is 35.8 Å². The number of nitrogens with zero attached hydrogens (tertiary/aromatic N) is 3. The van der Waals surface area contributed by atoms with E-state index in [1.165, 1.54) is 0 Å². The third-order valence-corrected chi connectivity index (χ3v) is 5.74. The predicted octanol–water partition coefficient (Wildman–Crippen LogP) is 2.51. The predicted molar refractivity (Wildman–Crippen MR) is 97.9 cm³/mol. The molecule has 0 bridgehead atoms. The Hall–Kier alpha value is -2.14. The molecule has 2 aliphatic rings. The minimum atomic E-state index is 0.145. The minimum Gasteiger partial charge on any atom is -0.339 e. The summed E-state index contributed by atoms with van der Waals surface area (Å²) in [5.74, 6) is 1.61. The molecule has 0 unspecified atom stereocenters. The molecule has 4 rings (SSSR count). The maximum absolute atomic E-state index is 13.2. The number of likely N-dealkylation sites (tertiary alicyclic amines) is 1. The number of carbonyl (C=O) groups is 1. The average Bonchev–Trinajstić information content (AvgIpc) is 3.24. The molecule has 0 radical (unpaired) electrons. The van der Waals surface area contributed by atoms with Gasteiger partial charge in [0.15, 0.2) is 0 Å². The molecule has 1 amide bonds. The van der Waals surface area contributed by atoms with Crippen molar-refractivity contribution in [2.45, 2.75) is 26.2 Å². The number of rotatable bonds is 3. The molecule has 2 aromatic rings. The summed E-state index contributed by atoms with van der Waals surface area (Å²) in [5, 5.41) is 8.00. The van der Waals surface area contributed by atoms with Crippen LogP contribution in [0.4, 0.5) is 0 Å². The zero-order chi connectivity index (χ0) is 17.2. The van der Waals surface area contributed by atoms with Crippen molar-refractivity contribution in [1.82, 2.24) is 20.0 Å². The molecular weight excluding hydrogens is 312 g/mol. The number of para-hydroxylation sites is 1. The molecule has 132 valence electrons. The Morgan fingerprint density at radius 1 is 1.16 bits per heavy atom. The number of hydrogen-bond acceptors (Lipinski definition) is 3. The van der Waals surface area contributed by atoms with Crippen molar-refractivity contribution in [1.29, 1.82) is 0 Å². The van der Waals surface area contributed by atoms with Crippen molar-refractivity contribution < 1.29 is 4.79 Å². The molecule has 2 atom stereocenters. The van der Waals surface area contributed by atoms with E-state index >= 15 is 0 Å². The molecule has 5 nitrogen and oxygen atoms in total. The summed E-state index contributed by atoms with van der Waals surface area (Å²) in [6, 6.07) is 10.0. The Bertz CT molecular complexity index is 725. The zero-order valence-corrected chi connectivity index (χ0v) is 14.8. The van der Waals surface area contributed by atoms with Gasteiger partial charge >= 0.3 is 0 Å². The fourth-order valence-electron chi connectivity index (χ4n) is 4.28. The van der Waals surface area contributed by atoms with Crippen LogP contribution in [0.3, 0.4) is 0 Å². The number of amides is 1. The second-order valence-electron chi connectivity index (χ2n) is 7.15. The second-order valence-corrected chi connectivity index (χ2v) is 7.15. The van der Waals surface area contributed by atoms with Crippen LogP contribution in [-0.4, -0.2) is 46.8 Å². The van der Waals surface area contributed by atoms with Crippen molar-refractivity contribution in [3.8, 4) is 5.69 Å². The summed E-state index contributed by atoms with van der Waals surface area (Å²) >= 11 is 0. The van der Waals surface area contributed by atoms with Gasteiger partial charge in [-0.3, -0.25) is 4.79 Å². The quantitative estimate of drug-likeness (QED) is 0.935. The van der Waals surface area contributed by atoms with Crippen LogP contribution >= 0.6 is 0 Å². The summed E-state index contributed by atoms with van der Waals surface area (Å²) in [6.45, 7) is 6.03. The number of fused-ring (bicyclic) bond motifs is 1. The van der Waals surface area contributed by atoms with Crippen LogP contribution in [0, 0.1) is 11.8 Å². The van der Waals surface area contributed by atoms with E-state index in [0.717, 1.165) is 74.2 Å². The molecule has 25 heavy (non-hydrogen) atoms. The number of benzene rings is 1. The summed E-state index contributed by atoms with van der Waals surface area (Å²) in [6.07, 6.45) is 4.76. The van der Waals surface area contributed by atoms with Crippen LogP contribution in [-0.2, 0) is 6.42 Å². The SMILES string of the molecule is CCc1c(C(=O)N2CC[C@@H]3CNC[C@@H]3CC2)cnn1-c1ccccc1. The number of nitrogens with one attached hydrogen (secondary N) is 1. The highest BCUT2D eigenvalue weighted by Crippen LogP contribution is 2.28. The molecule has 1 N–H and O–H groups in total. The van der Waals surface area contributed by atoms with Crippen LogP contribution < -0.4 is 5.32 Å². The molecule has 1 aromatic heterocycles. The molecule has 2 saturated heterocycles. The lowest BCUT2D eigenvalue weighted by Gasteiger charge is -2.21. The van der Waals surface area contributed by atoms with E-state index in [4.69, 9.17) is 0 Å². The number of aromatic nitrogens is 2. The Morgan fingerprint density at radius 3 is 2.48 bits per heavy atom. The lowest BCUT2D eigenvalue weighted by atomic mass is 9.92. The second kappa shape index (κ2) is 7.00. The highest BCUT2D eigenvalue weighted by atomic mass is 16.2. The lowest BCUT2D eigenvalue weighted by Crippen LogP contribution is -2.33. The average molecular weight is 338 g/mol. The summed E-state index contributed by atoms with van der Waals surface area (Å²) in [4.78, 5) is 15.2. The summed E-state index contributed by atoms with van der Waals surface area (Å²) in [5.41, 5.74) is 2.77. The standard InChI is InChI=1S/C20H26N4O/c1-2-19-18(14-22-24(19)17-6-4-3-5-7-17)20(25)23-10-8-15-12-21-13-16(15)9-11-23/h3-7,14-16,21H,2,8-13H2,1H3/t15-,16+. The normalized spacial score (nSPS) is 23.3. The van der Waals surface area contributed by atoms with Crippen molar-refractivity contribution in [3.63, 3.8) is 0 Å². The van der Waals surface area contributed by atoms with Gasteiger partial charge in [0.2, 0.25) is 0 Å². The molecule has 5 heteroatoms. The van der Waals surface area contributed by atoms with Crippen LogP contribution in [0.15, 0.2) is 36.5 Å². The first-order chi connectivity index (χ1) is 12.3. The molecule has 0 saturated carbocycles. The van der Waals surface area contributed by atoms with E-state index < -0.39 is 0 Å². The highest BCUT2D eigenvalue weighted by molar-refractivity contribution is 5.95. The van der Waals surface area contributed by atoms with Gasteiger partial charge in [-0.05, 0) is 56.3 Å². The van der Waals surface area contributed by atoms with Crippen molar-refractivity contribution in [3.05, 3.63) is 47.8 Å². The van der Waals surface area contributed by atoms with E-state index in [0.29, 0.717) is 0 Å². The van der Waals surface area contributed by atoms with Gasteiger partial charge in [-0.15, -0.1) is 0 Å². The first-order valence-corrected chi connectivity index (χ1v) is 9.40. The topological polar surface area (TPSA) is 50.2 Å². The number of carbonyl (C=O) groups excluding carboxylic acids is 1. The Labute approximate surface area is 149 Å². The van der Waals surface area contributed by atoms with Crippen LogP contribution in [0.5, 0.6) is 0 Å². The minimum absolute atomic E-state index is 0.145. The van der Waals surface area contributed by atoms with Gasteiger partial charge < -0.3 is 10.2 Å². The van der Waals surface area contributed by atoms with Gasteiger partial charge in [0.25, 0.3) is 5.91 Å². The number of hydrogen-bond donors (Lipinski definition) is 1. The van der Waals surface area contributed by atoms with E-state index in [1.807, 2.05) is 39.9 Å². The molecule has 3 heterocycles. The highest BCUT2D eigenvalue weighted by Gasteiger charge is 2.32. The first-order valence-electron chi connectivity index (χ1n) is 9.40. The Morgan fingerprint density at radius 2 is 1.84 bits per heavy atom. The maximum Gasteiger partial charge on any atom is 0.257 e. The monoisotopic (exact) mass is 338 g/mol. The lowest BCUT2D eigenvalue weighted by molar-refractivity contribution is 0.0757. The fraction of sp³-hybridized carbons (Fsp3) is 0.500. The van der Waals surface area contributed by atoms with Gasteiger partial charge in [0.1, 0.15) is 0 Å². The smallest absolute Gasteiger partial charge is 0.257 e. The third kappa shape index (κ3) is 3.09. The Balaban J connectivity index is 1.57. The molecule has 2 aliphatic heterocycles. The first kappa shape index (κ1) is 16.3. The molecular formula is C20H26N4O. The summed E-state index contributed by atoms with van der Waals surface area (Å²) < 4.78 is 1.91. The Kier molecular flexibility index (Phi) is 4.57. The van der Waals surface area contributed by atoms with Crippen molar-refractivity contribution in [2.24, 2.45) is 11.8 Å². The van der Waals surface area contributed by atoms with E-state index in [-0.39, 0.29) is 5.91 Å². The van der Waals surface area contributed by atoms with Crippen molar-refractivity contribution in [2.75, 3.05) is 26.2 Å². The molecule has 1 aromatic carbocycles. The largest absolute Gasteiger partial charge is 0.339 e. The van der Waals surface area contributed by atoms with E-state index in [1.54, 1.807) is 6.20 Å². The van der Waals surface area contributed by atoms with Gasteiger partial charge in [-0.25, -0.2) is 4.68 Å². The van der Waals surface area contributed by atoms with Crippen LogP contribution in [0.25, 0.3) is 5.69 Å². The fourth-order valence-corrected chi connectivity index (χ4v) is 4.28. The van der Waals surface area contributed by atoms with Crippen molar-refractivity contribution >= 4 is 5.91 Å². The van der Waals surface area contributed by atoms with Gasteiger partial charge in [-0.1, -0.05) is 25.1 Å². The van der Waals surface area contributed by atoms with E-state index in [2.05, 4.69) is 17.3 Å². The summed E-state index contributed by atoms with van der Waals surface area (Å²) in [7, 11) is 0. The maximum atomic E-state index is 13.2. The molecule has 0 spiro atoms. The van der Waals surface area contributed by atoms with E-state index in [9.17, 15) is 4.79 Å².